The van der Waals surface area contributed by atoms with E-state index in [2.05, 4.69) is 25.7 Å². The van der Waals surface area contributed by atoms with E-state index in [0.717, 1.165) is 42.4 Å². The smallest absolute Gasteiger partial charge is 0.242 e. The Hall–Kier alpha value is -2.68. The molecule has 0 unspecified atom stereocenters. The first-order valence-corrected chi connectivity index (χ1v) is 9.40. The van der Waals surface area contributed by atoms with Crippen LogP contribution < -0.4 is 14.8 Å². The van der Waals surface area contributed by atoms with Gasteiger partial charge in [0.15, 0.2) is 17.3 Å². The molecule has 9 nitrogen and oxygen atoms in total. The standard InChI is InChI=1S/C18H24N6O3/c25-18(13-24-17(20-21-22-24)12-23-6-1-2-7-23)19-11-14-4-5-15-16(10-14)27-9-3-8-26-15/h4-5,10H,1-3,6-9,11-13H2,(H,19,25). The molecule has 9 heteroatoms. The summed E-state index contributed by atoms with van der Waals surface area (Å²) in [7, 11) is 0. The zero-order valence-corrected chi connectivity index (χ0v) is 15.3. The normalized spacial score (nSPS) is 16.9. The first-order valence-electron chi connectivity index (χ1n) is 9.40. The number of aromatic nitrogens is 4. The van der Waals surface area contributed by atoms with Crippen LogP contribution in [0.5, 0.6) is 11.5 Å². The van der Waals surface area contributed by atoms with Gasteiger partial charge < -0.3 is 14.8 Å². The molecule has 0 spiro atoms. The van der Waals surface area contributed by atoms with Crippen LogP contribution in [0.4, 0.5) is 0 Å². The Morgan fingerprint density at radius 2 is 1.93 bits per heavy atom. The van der Waals surface area contributed by atoms with Crippen LogP contribution in [-0.4, -0.2) is 57.3 Å². The van der Waals surface area contributed by atoms with Crippen LogP contribution in [0.3, 0.4) is 0 Å². The van der Waals surface area contributed by atoms with Crippen molar-refractivity contribution in [3.63, 3.8) is 0 Å². The van der Waals surface area contributed by atoms with Crippen molar-refractivity contribution in [3.8, 4) is 11.5 Å². The predicted octanol–water partition coefficient (Wildman–Crippen LogP) is 0.747. The zero-order chi connectivity index (χ0) is 18.5. The van der Waals surface area contributed by atoms with Gasteiger partial charge in [0, 0.05) is 13.0 Å². The number of rotatable bonds is 6. The third-order valence-electron chi connectivity index (χ3n) is 4.76. The highest BCUT2D eigenvalue weighted by molar-refractivity contribution is 5.75. The van der Waals surface area contributed by atoms with Gasteiger partial charge in [0.2, 0.25) is 5.91 Å². The molecule has 3 heterocycles. The quantitative estimate of drug-likeness (QED) is 0.799. The molecule has 0 aliphatic carbocycles. The predicted molar refractivity (Wildman–Crippen MR) is 96.2 cm³/mol. The van der Waals surface area contributed by atoms with Gasteiger partial charge in [-0.05, 0) is 54.1 Å². The molecule has 0 radical (unpaired) electrons. The van der Waals surface area contributed by atoms with Gasteiger partial charge in [0.25, 0.3) is 0 Å². The molecule has 0 bridgehead atoms. The molecule has 144 valence electrons. The van der Waals surface area contributed by atoms with Gasteiger partial charge in [-0.1, -0.05) is 6.07 Å². The third-order valence-corrected chi connectivity index (χ3v) is 4.76. The Bertz CT molecular complexity index is 787. The van der Waals surface area contributed by atoms with E-state index >= 15 is 0 Å². The lowest BCUT2D eigenvalue weighted by atomic mass is 10.2. The number of nitrogens with one attached hydrogen (secondary N) is 1. The molecule has 2 aliphatic heterocycles. The van der Waals surface area contributed by atoms with Crippen LogP contribution in [0.1, 0.15) is 30.7 Å². The molecule has 0 atom stereocenters. The highest BCUT2D eigenvalue weighted by Gasteiger charge is 2.17. The largest absolute Gasteiger partial charge is 0.490 e. The number of carbonyl (C=O) groups excluding carboxylic acids is 1. The SMILES string of the molecule is O=C(Cn1nnnc1CN1CCCC1)NCc1ccc2c(c1)OCCCO2. The number of amides is 1. The van der Waals surface area contributed by atoms with E-state index in [4.69, 9.17) is 9.47 Å². The number of hydrogen-bond acceptors (Lipinski definition) is 7. The average molecular weight is 372 g/mol. The summed E-state index contributed by atoms with van der Waals surface area (Å²) in [6.45, 7) is 4.63. The monoisotopic (exact) mass is 372 g/mol. The van der Waals surface area contributed by atoms with Gasteiger partial charge in [-0.3, -0.25) is 9.69 Å². The maximum Gasteiger partial charge on any atom is 0.242 e. The van der Waals surface area contributed by atoms with E-state index in [1.54, 1.807) is 4.68 Å². The number of fused-ring (bicyclic) bond motifs is 1. The van der Waals surface area contributed by atoms with E-state index in [-0.39, 0.29) is 12.5 Å². The summed E-state index contributed by atoms with van der Waals surface area (Å²) in [5, 5.41) is 14.6. The number of carbonyl (C=O) groups is 1. The van der Waals surface area contributed by atoms with E-state index in [9.17, 15) is 4.79 Å². The van der Waals surface area contributed by atoms with Crippen molar-refractivity contribution in [2.45, 2.75) is 38.9 Å². The Morgan fingerprint density at radius 3 is 2.78 bits per heavy atom. The fraction of sp³-hybridized carbons (Fsp3) is 0.556. The number of nitrogens with zero attached hydrogens (tertiary/aromatic N) is 5. The summed E-state index contributed by atoms with van der Waals surface area (Å²) in [5.41, 5.74) is 0.960. The summed E-state index contributed by atoms with van der Waals surface area (Å²) in [6, 6.07) is 5.73. The molecule has 27 heavy (non-hydrogen) atoms. The van der Waals surface area contributed by atoms with Crippen LogP contribution in [0, 0.1) is 0 Å². The van der Waals surface area contributed by atoms with E-state index in [1.807, 2.05) is 18.2 Å². The Balaban J connectivity index is 1.31. The molecule has 1 aromatic heterocycles. The Labute approximate surface area is 157 Å². The maximum absolute atomic E-state index is 12.3. The van der Waals surface area contributed by atoms with E-state index in [1.165, 1.54) is 12.8 Å². The van der Waals surface area contributed by atoms with Gasteiger partial charge >= 0.3 is 0 Å². The molecule has 1 saturated heterocycles. The summed E-state index contributed by atoms with van der Waals surface area (Å²) in [5.74, 6) is 2.08. The highest BCUT2D eigenvalue weighted by atomic mass is 16.5. The number of benzene rings is 1. The minimum atomic E-state index is -0.128. The lowest BCUT2D eigenvalue weighted by Crippen LogP contribution is -2.29. The second-order valence-electron chi connectivity index (χ2n) is 6.84. The molecule has 1 N–H and O–H groups in total. The fourth-order valence-electron chi connectivity index (χ4n) is 3.31. The van der Waals surface area contributed by atoms with Crippen molar-refractivity contribution < 1.29 is 14.3 Å². The number of ether oxygens (including phenoxy) is 2. The van der Waals surface area contributed by atoms with Gasteiger partial charge in [0.1, 0.15) is 6.54 Å². The first kappa shape index (κ1) is 17.7. The van der Waals surface area contributed by atoms with Crippen molar-refractivity contribution in [1.29, 1.82) is 0 Å². The molecule has 0 saturated carbocycles. The van der Waals surface area contributed by atoms with Crippen LogP contribution in [0.25, 0.3) is 0 Å². The second-order valence-corrected chi connectivity index (χ2v) is 6.84. The highest BCUT2D eigenvalue weighted by Crippen LogP contribution is 2.30. The minimum absolute atomic E-state index is 0.112. The van der Waals surface area contributed by atoms with E-state index in [0.29, 0.717) is 26.3 Å². The van der Waals surface area contributed by atoms with E-state index < -0.39 is 0 Å². The van der Waals surface area contributed by atoms with Crippen molar-refractivity contribution in [2.24, 2.45) is 0 Å². The van der Waals surface area contributed by atoms with Crippen molar-refractivity contribution in [1.82, 2.24) is 30.4 Å². The van der Waals surface area contributed by atoms with Gasteiger partial charge in [-0.15, -0.1) is 5.10 Å². The molecule has 1 amide bonds. The second kappa shape index (κ2) is 8.34. The average Bonchev–Trinajstić information content (AvgIpc) is 3.28. The number of likely N-dealkylation sites (tertiary alicyclic amines) is 1. The topological polar surface area (TPSA) is 94.4 Å². The molecule has 2 aromatic rings. The maximum atomic E-state index is 12.3. The summed E-state index contributed by atoms with van der Waals surface area (Å²) in [6.07, 6.45) is 3.28. The summed E-state index contributed by atoms with van der Waals surface area (Å²) < 4.78 is 12.9. The number of tetrazole rings is 1. The summed E-state index contributed by atoms with van der Waals surface area (Å²) in [4.78, 5) is 14.6. The first-order chi connectivity index (χ1) is 13.3. The molecule has 1 fully saturated rings. The molecular weight excluding hydrogens is 348 g/mol. The van der Waals surface area contributed by atoms with Crippen molar-refractivity contribution in [2.75, 3.05) is 26.3 Å². The van der Waals surface area contributed by atoms with Crippen LogP contribution in [0.15, 0.2) is 18.2 Å². The Morgan fingerprint density at radius 1 is 1.11 bits per heavy atom. The minimum Gasteiger partial charge on any atom is -0.490 e. The van der Waals surface area contributed by atoms with Crippen molar-refractivity contribution in [3.05, 3.63) is 29.6 Å². The molecular formula is C18H24N6O3. The lowest BCUT2D eigenvalue weighted by molar-refractivity contribution is -0.122. The molecule has 2 aliphatic rings. The summed E-state index contributed by atoms with van der Waals surface area (Å²) >= 11 is 0. The molecule has 4 rings (SSSR count). The molecule has 1 aromatic carbocycles. The van der Waals surface area contributed by atoms with Crippen LogP contribution in [-0.2, 0) is 24.4 Å². The van der Waals surface area contributed by atoms with Crippen LogP contribution in [0.2, 0.25) is 0 Å². The lowest BCUT2D eigenvalue weighted by Gasteiger charge is -2.14. The van der Waals surface area contributed by atoms with Gasteiger partial charge in [0.05, 0.1) is 19.8 Å². The Kier molecular flexibility index (Phi) is 5.47. The van der Waals surface area contributed by atoms with Crippen LogP contribution >= 0.6 is 0 Å². The van der Waals surface area contributed by atoms with Gasteiger partial charge in [-0.25, -0.2) is 4.68 Å². The fourth-order valence-corrected chi connectivity index (χ4v) is 3.31. The zero-order valence-electron chi connectivity index (χ0n) is 15.3. The van der Waals surface area contributed by atoms with Gasteiger partial charge in [-0.2, -0.15) is 0 Å². The van der Waals surface area contributed by atoms with Crippen molar-refractivity contribution >= 4 is 5.91 Å². The third kappa shape index (κ3) is 4.54. The number of hydrogen-bond donors (Lipinski definition) is 1.